The summed E-state index contributed by atoms with van der Waals surface area (Å²) < 4.78 is 0. The number of hydrogen-bond donors (Lipinski definition) is 4. The first-order valence-electron chi connectivity index (χ1n) is 21.3. The van der Waals surface area contributed by atoms with E-state index in [0.29, 0.717) is 61.5 Å². The average molecular weight is 823 g/mol. The van der Waals surface area contributed by atoms with Gasteiger partial charge in [-0.2, -0.15) is 0 Å². The molecule has 2 aliphatic heterocycles. The maximum absolute atomic E-state index is 13.8. The number of carbonyl (C=O) groups is 4. The summed E-state index contributed by atoms with van der Waals surface area (Å²) in [7, 11) is 0. The smallest absolute Gasteiger partial charge is 0.256 e. The van der Waals surface area contributed by atoms with Gasteiger partial charge in [-0.25, -0.2) is 0 Å². The number of nitrogens with zero attached hydrogens (tertiary/aromatic N) is 2. The third-order valence-electron chi connectivity index (χ3n) is 11.4. The Morgan fingerprint density at radius 1 is 0.468 bits per heavy atom. The van der Waals surface area contributed by atoms with Crippen molar-refractivity contribution in [1.82, 2.24) is 9.80 Å². The molecule has 0 aliphatic carbocycles. The van der Waals surface area contributed by atoms with Crippen molar-refractivity contribution < 1.29 is 19.2 Å². The highest BCUT2D eigenvalue weighted by molar-refractivity contribution is 6.05. The van der Waals surface area contributed by atoms with E-state index in [0.717, 1.165) is 46.5 Å². The molecule has 2 heterocycles. The Labute approximate surface area is 362 Å². The van der Waals surface area contributed by atoms with Gasteiger partial charge in [0.1, 0.15) is 12.1 Å². The van der Waals surface area contributed by atoms with E-state index in [4.69, 9.17) is 0 Å². The van der Waals surface area contributed by atoms with E-state index >= 15 is 0 Å². The van der Waals surface area contributed by atoms with E-state index in [-0.39, 0.29) is 23.6 Å². The number of amides is 4. The summed E-state index contributed by atoms with van der Waals surface area (Å²) in [5.41, 5.74) is 8.01. The number of carbonyl (C=O) groups excluding carboxylic acids is 4. The summed E-state index contributed by atoms with van der Waals surface area (Å²) in [6.45, 7) is 2.21. The van der Waals surface area contributed by atoms with Crippen molar-refractivity contribution in [2.45, 2.75) is 50.9 Å². The molecule has 6 aromatic rings. The molecule has 0 unspecified atom stereocenters. The molecule has 6 aromatic carbocycles. The topological polar surface area (TPSA) is 123 Å². The van der Waals surface area contributed by atoms with Gasteiger partial charge in [0.2, 0.25) is 11.8 Å². The Balaban J connectivity index is 0.829. The van der Waals surface area contributed by atoms with Crippen LogP contribution in [0.3, 0.4) is 0 Å². The molecule has 10 heteroatoms. The first-order chi connectivity index (χ1) is 30.4. The monoisotopic (exact) mass is 822 g/mol. The van der Waals surface area contributed by atoms with Crippen molar-refractivity contribution in [3.8, 4) is 0 Å². The van der Waals surface area contributed by atoms with Crippen molar-refractivity contribution >= 4 is 58.5 Å². The van der Waals surface area contributed by atoms with Gasteiger partial charge in [0.05, 0.1) is 11.1 Å². The molecule has 4 amide bonds. The van der Waals surface area contributed by atoms with E-state index in [1.54, 1.807) is 9.80 Å². The Morgan fingerprint density at radius 3 is 1.24 bits per heavy atom. The third-order valence-corrected chi connectivity index (χ3v) is 11.4. The van der Waals surface area contributed by atoms with E-state index in [1.165, 1.54) is 0 Å². The zero-order valence-electron chi connectivity index (χ0n) is 34.5. The SMILES string of the molecule is O=C(Nc1ccc(/C=C/c2ccc(NC(=O)[C@@H]3CCCN3C(=O)c3ccccc3NCc3ccccc3)cc2)cc1)[C@@H]1CCCN1C(=O)c1ccccc1NCc1ccccc1. The van der Waals surface area contributed by atoms with Crippen LogP contribution >= 0.6 is 0 Å². The van der Waals surface area contributed by atoms with E-state index in [1.807, 2.05) is 170 Å². The van der Waals surface area contributed by atoms with Crippen LogP contribution < -0.4 is 21.3 Å². The number of benzene rings is 6. The van der Waals surface area contributed by atoms with Crippen LogP contribution in [0.2, 0.25) is 0 Å². The number of likely N-dealkylation sites (tertiary alicyclic amines) is 2. The molecule has 8 rings (SSSR count). The summed E-state index contributed by atoms with van der Waals surface area (Å²) in [6, 6.07) is 49.0. The molecule has 2 atom stereocenters. The van der Waals surface area contributed by atoms with Gasteiger partial charge in [-0.1, -0.05) is 121 Å². The zero-order chi connectivity index (χ0) is 42.7. The zero-order valence-corrected chi connectivity index (χ0v) is 34.5. The maximum Gasteiger partial charge on any atom is 0.256 e. The molecule has 312 valence electrons. The summed E-state index contributed by atoms with van der Waals surface area (Å²) >= 11 is 0. The van der Waals surface area contributed by atoms with Crippen molar-refractivity contribution in [2.75, 3.05) is 34.4 Å². The van der Waals surface area contributed by atoms with Crippen LogP contribution in [0.5, 0.6) is 0 Å². The molecular formula is C52H50N6O4. The van der Waals surface area contributed by atoms with Gasteiger partial charge >= 0.3 is 0 Å². The number of hydrogen-bond acceptors (Lipinski definition) is 6. The molecule has 0 spiro atoms. The fourth-order valence-corrected chi connectivity index (χ4v) is 8.11. The van der Waals surface area contributed by atoms with Gasteiger partial charge in [0.15, 0.2) is 0 Å². The Hall–Kier alpha value is -7.46. The minimum absolute atomic E-state index is 0.160. The highest BCUT2D eigenvalue weighted by Crippen LogP contribution is 2.28. The second kappa shape index (κ2) is 19.7. The Kier molecular flexibility index (Phi) is 13.1. The van der Waals surface area contributed by atoms with Crippen molar-refractivity contribution in [3.05, 3.63) is 191 Å². The second-order valence-electron chi connectivity index (χ2n) is 15.6. The molecule has 0 aromatic heterocycles. The van der Waals surface area contributed by atoms with Crippen LogP contribution in [0, 0.1) is 0 Å². The first-order valence-corrected chi connectivity index (χ1v) is 21.3. The van der Waals surface area contributed by atoms with Gasteiger partial charge in [-0.05, 0) is 96.5 Å². The standard InChI is InChI=1S/C52H50N6O4/c59-49(47-21-11-33-57(47)51(61)43-17-7-9-19-45(43)53-35-39-13-3-1-4-14-39)55-41-29-25-37(26-30-41)23-24-38-27-31-42(32-28-38)56-50(60)48-22-12-34-58(48)52(62)44-18-8-10-20-46(44)54-36-40-15-5-2-6-16-40/h1-10,13-20,23-32,47-48,53-54H,11-12,21-22,33-36H2,(H,55,59)(H,56,60)/b24-23+/t47-,48-/m0/s1. The van der Waals surface area contributed by atoms with Gasteiger partial charge < -0.3 is 31.1 Å². The quantitative estimate of drug-likeness (QED) is 0.0813. The van der Waals surface area contributed by atoms with E-state index in [9.17, 15) is 19.2 Å². The lowest BCUT2D eigenvalue weighted by Crippen LogP contribution is -2.43. The minimum Gasteiger partial charge on any atom is -0.380 e. The summed E-state index contributed by atoms with van der Waals surface area (Å²) in [6.07, 6.45) is 6.67. The van der Waals surface area contributed by atoms with Gasteiger partial charge in [-0.15, -0.1) is 0 Å². The van der Waals surface area contributed by atoms with Crippen LogP contribution in [-0.4, -0.2) is 58.6 Å². The van der Waals surface area contributed by atoms with Crippen LogP contribution in [0.15, 0.2) is 158 Å². The molecule has 2 fully saturated rings. The summed E-state index contributed by atoms with van der Waals surface area (Å²) in [5, 5.41) is 12.8. The molecular weight excluding hydrogens is 773 g/mol. The van der Waals surface area contributed by atoms with Crippen molar-refractivity contribution in [1.29, 1.82) is 0 Å². The van der Waals surface area contributed by atoms with Crippen LogP contribution in [0.25, 0.3) is 12.2 Å². The van der Waals surface area contributed by atoms with Crippen LogP contribution in [0.1, 0.15) is 68.7 Å². The number of anilines is 4. The van der Waals surface area contributed by atoms with Crippen LogP contribution in [0.4, 0.5) is 22.7 Å². The molecule has 0 bridgehead atoms. The van der Waals surface area contributed by atoms with Crippen molar-refractivity contribution in [2.24, 2.45) is 0 Å². The Morgan fingerprint density at radius 2 is 0.839 bits per heavy atom. The predicted octanol–water partition coefficient (Wildman–Crippen LogP) is 9.57. The molecule has 4 N–H and O–H groups in total. The maximum atomic E-state index is 13.8. The largest absolute Gasteiger partial charge is 0.380 e. The second-order valence-corrected chi connectivity index (χ2v) is 15.6. The Bertz CT molecular complexity index is 2350. The van der Waals surface area contributed by atoms with Gasteiger partial charge in [0, 0.05) is 48.9 Å². The number of para-hydroxylation sites is 2. The molecule has 2 saturated heterocycles. The lowest BCUT2D eigenvalue weighted by atomic mass is 10.1. The number of nitrogens with one attached hydrogen (secondary N) is 4. The molecule has 2 aliphatic rings. The molecule has 0 saturated carbocycles. The van der Waals surface area contributed by atoms with E-state index < -0.39 is 12.1 Å². The van der Waals surface area contributed by atoms with Gasteiger partial charge in [-0.3, -0.25) is 19.2 Å². The van der Waals surface area contributed by atoms with Crippen LogP contribution in [-0.2, 0) is 22.7 Å². The molecule has 0 radical (unpaired) electrons. The van der Waals surface area contributed by atoms with E-state index in [2.05, 4.69) is 21.3 Å². The highest BCUT2D eigenvalue weighted by Gasteiger charge is 2.36. The fraction of sp³-hybridized carbons (Fsp3) is 0.192. The molecule has 62 heavy (non-hydrogen) atoms. The lowest BCUT2D eigenvalue weighted by Gasteiger charge is -2.25. The fourth-order valence-electron chi connectivity index (χ4n) is 8.11. The number of rotatable bonds is 14. The summed E-state index contributed by atoms with van der Waals surface area (Å²) in [5.74, 6) is -0.726. The predicted molar refractivity (Wildman–Crippen MR) is 248 cm³/mol. The van der Waals surface area contributed by atoms with Gasteiger partial charge in [0.25, 0.3) is 11.8 Å². The minimum atomic E-state index is -0.563. The van der Waals surface area contributed by atoms with Crippen molar-refractivity contribution in [3.63, 3.8) is 0 Å². The normalized spacial score (nSPS) is 15.9. The third kappa shape index (κ3) is 10.1. The average Bonchev–Trinajstić information content (AvgIpc) is 4.03. The molecule has 10 nitrogen and oxygen atoms in total. The summed E-state index contributed by atoms with van der Waals surface area (Å²) in [4.78, 5) is 58.0. The highest BCUT2D eigenvalue weighted by atomic mass is 16.2. The first kappa shape index (κ1) is 41.3. The lowest BCUT2D eigenvalue weighted by molar-refractivity contribution is -0.120.